The number of para-hydroxylation sites is 2. The molecule has 1 aromatic rings. The van der Waals surface area contributed by atoms with Crippen LogP contribution in [-0.4, -0.2) is 26.4 Å². The Bertz CT molecular complexity index is 319. The molecule has 0 fully saturated rings. The third-order valence-electron chi connectivity index (χ3n) is 1.29. The normalized spacial score (nSPS) is 6.62. The van der Waals surface area contributed by atoms with E-state index in [-0.39, 0.29) is 0 Å². The number of hydrogen-bond donors (Lipinski definition) is 2. The molecule has 0 heterocycles. The number of nitrogens with one attached hydrogen (secondary N) is 2. The van der Waals surface area contributed by atoms with Crippen molar-refractivity contribution >= 4 is 12.2 Å². The SMILES string of the molecule is COc1ccccc1OC.N=C=O.N=C=O. The van der Waals surface area contributed by atoms with E-state index in [1.165, 1.54) is 0 Å². The van der Waals surface area contributed by atoms with Crippen molar-refractivity contribution in [1.29, 1.82) is 10.8 Å². The van der Waals surface area contributed by atoms with E-state index in [2.05, 4.69) is 0 Å². The molecule has 0 saturated heterocycles. The lowest BCUT2D eigenvalue weighted by molar-refractivity contribution is 0.355. The van der Waals surface area contributed by atoms with E-state index < -0.39 is 0 Å². The minimum Gasteiger partial charge on any atom is -0.493 e. The van der Waals surface area contributed by atoms with E-state index in [0.29, 0.717) is 0 Å². The van der Waals surface area contributed by atoms with Crippen LogP contribution in [0.4, 0.5) is 0 Å². The number of rotatable bonds is 2. The van der Waals surface area contributed by atoms with Gasteiger partial charge in [-0.1, -0.05) is 12.1 Å². The number of benzene rings is 1. The molecular weight excluding hydrogens is 212 g/mol. The van der Waals surface area contributed by atoms with Gasteiger partial charge < -0.3 is 9.47 Å². The second-order valence-corrected chi connectivity index (χ2v) is 2.06. The molecule has 0 amide bonds. The van der Waals surface area contributed by atoms with Gasteiger partial charge in [-0.3, -0.25) is 0 Å². The Balaban J connectivity index is 0. The third kappa shape index (κ3) is 8.19. The minimum absolute atomic E-state index is 0.750. The summed E-state index contributed by atoms with van der Waals surface area (Å²) in [4.78, 5) is 16.7. The summed E-state index contributed by atoms with van der Waals surface area (Å²) in [5, 5.41) is 10.8. The Labute approximate surface area is 92.8 Å². The molecular formula is C10H12N2O4. The van der Waals surface area contributed by atoms with Crippen LogP contribution < -0.4 is 9.47 Å². The van der Waals surface area contributed by atoms with Gasteiger partial charge in [0.25, 0.3) is 0 Å². The topological polar surface area (TPSA) is 100 Å². The highest BCUT2D eigenvalue weighted by molar-refractivity contribution is 5.39. The highest BCUT2D eigenvalue weighted by atomic mass is 16.5. The van der Waals surface area contributed by atoms with Gasteiger partial charge >= 0.3 is 0 Å². The first-order valence-corrected chi connectivity index (χ1v) is 3.96. The molecule has 0 aliphatic heterocycles. The van der Waals surface area contributed by atoms with Gasteiger partial charge in [0.15, 0.2) is 11.5 Å². The van der Waals surface area contributed by atoms with Gasteiger partial charge in [-0.2, -0.15) is 0 Å². The molecule has 6 nitrogen and oxygen atoms in total. The van der Waals surface area contributed by atoms with Crippen LogP contribution in [0.25, 0.3) is 0 Å². The molecule has 2 N–H and O–H groups in total. The molecule has 16 heavy (non-hydrogen) atoms. The van der Waals surface area contributed by atoms with Crippen LogP contribution in [0.5, 0.6) is 11.5 Å². The number of hydrogen-bond acceptors (Lipinski definition) is 6. The first-order chi connectivity index (χ1) is 7.71. The standard InChI is InChI=1S/C8H10O2.2CHNO/c1-9-7-5-3-4-6-8(7)10-2;2*2-1-3/h3-6H,1-2H3;2*2H. The van der Waals surface area contributed by atoms with Crippen molar-refractivity contribution in [2.75, 3.05) is 14.2 Å². The Kier molecular flexibility index (Phi) is 12.6. The van der Waals surface area contributed by atoms with Crippen molar-refractivity contribution in [2.24, 2.45) is 0 Å². The Morgan fingerprint density at radius 1 is 0.938 bits per heavy atom. The van der Waals surface area contributed by atoms with Crippen molar-refractivity contribution in [3.05, 3.63) is 24.3 Å². The monoisotopic (exact) mass is 224 g/mol. The van der Waals surface area contributed by atoms with Gasteiger partial charge in [0.05, 0.1) is 14.2 Å². The van der Waals surface area contributed by atoms with Crippen LogP contribution in [0.15, 0.2) is 24.3 Å². The predicted molar refractivity (Wildman–Crippen MR) is 56.4 cm³/mol. The fourth-order valence-electron chi connectivity index (χ4n) is 0.787. The summed E-state index contributed by atoms with van der Waals surface area (Å²) in [5.74, 6) is 1.54. The van der Waals surface area contributed by atoms with E-state index in [9.17, 15) is 0 Å². The summed E-state index contributed by atoms with van der Waals surface area (Å²) in [7, 11) is 3.25. The van der Waals surface area contributed by atoms with Crippen LogP contribution in [0.2, 0.25) is 0 Å². The average Bonchev–Trinajstić information content (AvgIpc) is 2.31. The summed E-state index contributed by atoms with van der Waals surface area (Å²) in [6, 6.07) is 7.53. The maximum Gasteiger partial charge on any atom is 0.231 e. The maximum absolute atomic E-state index is 8.35. The van der Waals surface area contributed by atoms with E-state index in [4.69, 9.17) is 29.9 Å². The van der Waals surface area contributed by atoms with Crippen LogP contribution in [0, 0.1) is 10.8 Å². The Hall–Kier alpha value is -2.42. The second-order valence-electron chi connectivity index (χ2n) is 2.06. The van der Waals surface area contributed by atoms with E-state index in [1.54, 1.807) is 14.2 Å². The summed E-state index contributed by atoms with van der Waals surface area (Å²) < 4.78 is 10.0. The number of isocyanates is 2. The van der Waals surface area contributed by atoms with Crippen molar-refractivity contribution < 1.29 is 19.1 Å². The third-order valence-corrected chi connectivity index (χ3v) is 1.29. The summed E-state index contributed by atoms with van der Waals surface area (Å²) in [6.45, 7) is 0. The fraction of sp³-hybridized carbons (Fsp3) is 0.200. The molecule has 0 saturated carbocycles. The number of carbonyl (C=O) groups excluding carboxylic acids is 2. The zero-order valence-corrected chi connectivity index (χ0v) is 8.94. The summed E-state index contributed by atoms with van der Waals surface area (Å²) in [6.07, 6.45) is 1.50. The van der Waals surface area contributed by atoms with Crippen LogP contribution in [0.3, 0.4) is 0 Å². The van der Waals surface area contributed by atoms with E-state index >= 15 is 0 Å². The van der Waals surface area contributed by atoms with Gasteiger partial charge in [-0.15, -0.1) is 0 Å². The van der Waals surface area contributed by atoms with Gasteiger partial charge in [-0.25, -0.2) is 20.4 Å². The molecule has 0 unspecified atom stereocenters. The molecule has 0 aliphatic rings. The first-order valence-electron chi connectivity index (χ1n) is 3.96. The summed E-state index contributed by atoms with van der Waals surface area (Å²) >= 11 is 0. The zero-order chi connectivity index (χ0) is 12.8. The Morgan fingerprint density at radius 2 is 1.19 bits per heavy atom. The predicted octanol–water partition coefficient (Wildman–Crippen LogP) is 1.51. The number of methoxy groups -OCH3 is 2. The molecule has 0 aromatic heterocycles. The first kappa shape index (κ1) is 16.0. The van der Waals surface area contributed by atoms with Crippen molar-refractivity contribution in [1.82, 2.24) is 0 Å². The van der Waals surface area contributed by atoms with Gasteiger partial charge in [0, 0.05) is 0 Å². The molecule has 0 aliphatic carbocycles. The van der Waals surface area contributed by atoms with Gasteiger partial charge in [0.2, 0.25) is 12.2 Å². The molecule has 1 aromatic carbocycles. The van der Waals surface area contributed by atoms with E-state index in [1.807, 2.05) is 24.3 Å². The lowest BCUT2D eigenvalue weighted by Gasteiger charge is -2.04. The van der Waals surface area contributed by atoms with Crippen molar-refractivity contribution in [3.63, 3.8) is 0 Å². The minimum atomic E-state index is 0.750. The average molecular weight is 224 g/mol. The quantitative estimate of drug-likeness (QED) is 0.587. The van der Waals surface area contributed by atoms with Crippen LogP contribution >= 0.6 is 0 Å². The highest BCUT2D eigenvalue weighted by Gasteiger charge is 1.97. The molecule has 0 atom stereocenters. The molecule has 86 valence electrons. The Morgan fingerprint density at radius 3 is 1.38 bits per heavy atom. The van der Waals surface area contributed by atoms with Crippen molar-refractivity contribution in [3.8, 4) is 11.5 Å². The highest BCUT2D eigenvalue weighted by Crippen LogP contribution is 2.24. The fourth-order valence-corrected chi connectivity index (χ4v) is 0.787. The van der Waals surface area contributed by atoms with Crippen molar-refractivity contribution in [2.45, 2.75) is 0 Å². The maximum atomic E-state index is 8.35. The van der Waals surface area contributed by atoms with Crippen LogP contribution in [-0.2, 0) is 9.59 Å². The number of ether oxygens (including phenoxy) is 2. The van der Waals surface area contributed by atoms with Gasteiger partial charge in [-0.05, 0) is 12.1 Å². The summed E-state index contributed by atoms with van der Waals surface area (Å²) in [5.41, 5.74) is 0. The molecule has 0 radical (unpaired) electrons. The zero-order valence-electron chi connectivity index (χ0n) is 8.94. The molecule has 0 bridgehead atoms. The molecule has 1 rings (SSSR count). The molecule has 6 heteroatoms. The van der Waals surface area contributed by atoms with Crippen LogP contribution in [0.1, 0.15) is 0 Å². The smallest absolute Gasteiger partial charge is 0.231 e. The largest absolute Gasteiger partial charge is 0.493 e. The van der Waals surface area contributed by atoms with E-state index in [0.717, 1.165) is 23.7 Å². The lowest BCUT2D eigenvalue weighted by Crippen LogP contribution is -1.88. The van der Waals surface area contributed by atoms with Gasteiger partial charge in [0.1, 0.15) is 0 Å². The molecule has 0 spiro atoms. The second kappa shape index (κ2) is 12.6. The lowest BCUT2D eigenvalue weighted by atomic mass is 10.3.